The highest BCUT2D eigenvalue weighted by Crippen LogP contribution is 2.31. The molecule has 1 atom stereocenters. The first kappa shape index (κ1) is 21.9. The molecule has 0 aliphatic carbocycles. The molecule has 0 bridgehead atoms. The largest absolute Gasteiger partial charge is 0.497 e. The molecule has 0 saturated carbocycles. The van der Waals surface area contributed by atoms with E-state index in [2.05, 4.69) is 0 Å². The Morgan fingerprint density at radius 3 is 2.27 bits per heavy atom. The average molecular weight is 419 g/mol. The van der Waals surface area contributed by atoms with E-state index in [9.17, 15) is 14.4 Å². The molecule has 0 aromatic heterocycles. The number of carbonyl (C=O) groups excluding carboxylic acids is 3. The first-order valence-corrected chi connectivity index (χ1v) is 9.84. The second-order valence-corrected chi connectivity index (χ2v) is 8.36. The van der Waals surface area contributed by atoms with E-state index in [1.165, 1.54) is 26.2 Å². The van der Waals surface area contributed by atoms with Crippen molar-refractivity contribution in [2.45, 2.75) is 19.9 Å². The molecule has 0 N–H and O–H groups in total. The van der Waals surface area contributed by atoms with E-state index in [0.29, 0.717) is 30.2 Å². The zero-order chi connectivity index (χ0) is 22.1. The lowest BCUT2D eigenvalue weighted by Crippen LogP contribution is -2.44. The van der Waals surface area contributed by atoms with Gasteiger partial charge in [0.25, 0.3) is 11.8 Å². The maximum absolute atomic E-state index is 13.4. The van der Waals surface area contributed by atoms with E-state index in [0.717, 1.165) is 0 Å². The summed E-state index contributed by atoms with van der Waals surface area (Å²) >= 11 is 0. The number of carbonyl (C=O) groups is 3. The van der Waals surface area contributed by atoms with E-state index in [-0.39, 0.29) is 43.0 Å². The molecular formula is C21H29N3O6. The third-order valence-electron chi connectivity index (χ3n) is 5.42. The van der Waals surface area contributed by atoms with E-state index in [1.807, 2.05) is 13.8 Å². The molecule has 2 aliphatic rings. The number of nitrogens with zero attached hydrogens (tertiary/aromatic N) is 3. The number of hydrogen-bond donors (Lipinski definition) is 0. The van der Waals surface area contributed by atoms with Crippen molar-refractivity contribution in [1.82, 2.24) is 14.7 Å². The van der Waals surface area contributed by atoms with Crippen LogP contribution in [-0.4, -0.2) is 92.7 Å². The van der Waals surface area contributed by atoms with Gasteiger partial charge in [-0.1, -0.05) is 13.8 Å². The molecule has 164 valence electrons. The molecule has 1 aromatic rings. The summed E-state index contributed by atoms with van der Waals surface area (Å²) in [6.45, 7) is 5.37. The fraction of sp³-hybridized carbons (Fsp3) is 0.571. The quantitative estimate of drug-likeness (QED) is 0.649. The number of benzene rings is 1. The molecule has 1 aromatic carbocycles. The predicted octanol–water partition coefficient (Wildman–Crippen LogP) is 1.47. The minimum Gasteiger partial charge on any atom is -0.497 e. The topological polar surface area (TPSA) is 88.6 Å². The van der Waals surface area contributed by atoms with Crippen LogP contribution in [0, 0.1) is 5.41 Å². The van der Waals surface area contributed by atoms with Gasteiger partial charge in [0.15, 0.2) is 0 Å². The van der Waals surface area contributed by atoms with Gasteiger partial charge in [-0.2, -0.15) is 0 Å². The van der Waals surface area contributed by atoms with E-state index in [4.69, 9.17) is 14.2 Å². The van der Waals surface area contributed by atoms with Gasteiger partial charge in [-0.05, 0) is 12.1 Å². The zero-order valence-electron chi connectivity index (χ0n) is 18.1. The van der Waals surface area contributed by atoms with Crippen LogP contribution in [0.5, 0.6) is 11.5 Å². The number of methoxy groups -OCH3 is 3. The van der Waals surface area contributed by atoms with Crippen LogP contribution in [0.4, 0.5) is 4.79 Å². The Hall–Kier alpha value is -2.81. The van der Waals surface area contributed by atoms with E-state index >= 15 is 0 Å². The number of hydrogen-bond acceptors (Lipinski definition) is 6. The fourth-order valence-electron chi connectivity index (χ4n) is 4.01. The third kappa shape index (κ3) is 4.21. The summed E-state index contributed by atoms with van der Waals surface area (Å²) < 4.78 is 15.6. The van der Waals surface area contributed by atoms with Crippen LogP contribution in [0.15, 0.2) is 18.2 Å². The second-order valence-electron chi connectivity index (χ2n) is 8.36. The summed E-state index contributed by atoms with van der Waals surface area (Å²) in [5, 5.41) is 0. The molecule has 4 amide bonds. The number of amides is 4. The third-order valence-corrected chi connectivity index (χ3v) is 5.42. The molecule has 2 heterocycles. The number of imide groups is 1. The molecule has 2 fully saturated rings. The van der Waals surface area contributed by atoms with Gasteiger partial charge in [0.1, 0.15) is 17.5 Å². The van der Waals surface area contributed by atoms with Gasteiger partial charge in [-0.3, -0.25) is 14.5 Å². The van der Waals surface area contributed by atoms with Crippen LogP contribution >= 0.6 is 0 Å². The van der Waals surface area contributed by atoms with Gasteiger partial charge in [0.2, 0.25) is 0 Å². The van der Waals surface area contributed by atoms with Gasteiger partial charge in [-0.15, -0.1) is 0 Å². The Morgan fingerprint density at radius 1 is 1.07 bits per heavy atom. The minimum absolute atomic E-state index is 0.135. The van der Waals surface area contributed by atoms with Crippen LogP contribution in [0.2, 0.25) is 0 Å². The maximum atomic E-state index is 13.4. The molecule has 2 saturated heterocycles. The molecule has 30 heavy (non-hydrogen) atoms. The Bertz CT molecular complexity index is 818. The molecule has 9 nitrogen and oxygen atoms in total. The Balaban J connectivity index is 1.91. The number of urea groups is 1. The van der Waals surface area contributed by atoms with Crippen LogP contribution in [0.1, 0.15) is 24.2 Å². The normalized spacial score (nSPS) is 20.8. The first-order chi connectivity index (χ1) is 14.2. The molecule has 1 unspecified atom stereocenters. The monoisotopic (exact) mass is 419 g/mol. The smallest absolute Gasteiger partial charge is 0.327 e. The minimum atomic E-state index is -0.701. The molecule has 0 spiro atoms. The lowest BCUT2D eigenvalue weighted by molar-refractivity contribution is -0.128. The van der Waals surface area contributed by atoms with Gasteiger partial charge >= 0.3 is 6.03 Å². The van der Waals surface area contributed by atoms with Crippen LogP contribution in [0.3, 0.4) is 0 Å². The molecule has 9 heteroatoms. The summed E-state index contributed by atoms with van der Waals surface area (Å²) in [6, 6.07) is 3.96. The van der Waals surface area contributed by atoms with Crippen molar-refractivity contribution in [3.63, 3.8) is 0 Å². The Kier molecular flexibility index (Phi) is 6.21. The second kappa shape index (κ2) is 8.51. The predicted molar refractivity (Wildman–Crippen MR) is 109 cm³/mol. The van der Waals surface area contributed by atoms with Gasteiger partial charge in [-0.25, -0.2) is 4.79 Å². The van der Waals surface area contributed by atoms with Crippen molar-refractivity contribution >= 4 is 17.8 Å². The number of rotatable bonds is 6. The SMILES string of the molecule is COCCN1C(=O)C2CN(C(=O)c3cc(OC)cc(OC)c3)CC(C)(C)CN2C1=O. The highest BCUT2D eigenvalue weighted by atomic mass is 16.5. The van der Waals surface area contributed by atoms with E-state index in [1.54, 1.807) is 28.0 Å². The Labute approximate surface area is 176 Å². The van der Waals surface area contributed by atoms with Crippen LogP contribution < -0.4 is 9.47 Å². The van der Waals surface area contributed by atoms with Gasteiger partial charge in [0.05, 0.1) is 33.9 Å². The molecule has 3 rings (SSSR count). The summed E-state index contributed by atoms with van der Waals surface area (Å²) in [7, 11) is 4.57. The maximum Gasteiger partial charge on any atom is 0.327 e. The number of fused-ring (bicyclic) bond motifs is 1. The summed E-state index contributed by atoms with van der Waals surface area (Å²) in [6.07, 6.45) is 0. The van der Waals surface area contributed by atoms with Crippen molar-refractivity contribution in [3.05, 3.63) is 23.8 Å². The van der Waals surface area contributed by atoms with Crippen molar-refractivity contribution in [2.75, 3.05) is 54.1 Å². The molecule has 2 aliphatic heterocycles. The van der Waals surface area contributed by atoms with Crippen molar-refractivity contribution in [1.29, 1.82) is 0 Å². The van der Waals surface area contributed by atoms with Crippen molar-refractivity contribution in [2.24, 2.45) is 5.41 Å². The average Bonchev–Trinajstić information content (AvgIpc) is 2.85. The lowest BCUT2D eigenvalue weighted by Gasteiger charge is -2.30. The summed E-state index contributed by atoms with van der Waals surface area (Å²) in [5.74, 6) is 0.478. The zero-order valence-corrected chi connectivity index (χ0v) is 18.1. The number of ether oxygens (including phenoxy) is 3. The van der Waals surface area contributed by atoms with E-state index < -0.39 is 6.04 Å². The molecular weight excluding hydrogens is 390 g/mol. The van der Waals surface area contributed by atoms with Crippen molar-refractivity contribution in [3.8, 4) is 11.5 Å². The highest BCUT2D eigenvalue weighted by molar-refractivity contribution is 6.05. The van der Waals surface area contributed by atoms with Crippen LogP contribution in [0.25, 0.3) is 0 Å². The molecule has 0 radical (unpaired) electrons. The summed E-state index contributed by atoms with van der Waals surface area (Å²) in [5.41, 5.74) is 0.0177. The Morgan fingerprint density at radius 2 is 1.70 bits per heavy atom. The standard InChI is InChI=1S/C21H29N3O6/c1-21(2)12-22(18(25)14-8-15(29-4)10-16(9-14)30-5)11-17-19(26)23(6-7-28-3)20(27)24(17)13-21/h8-10,17H,6-7,11-13H2,1-5H3. The highest BCUT2D eigenvalue weighted by Gasteiger charge is 2.50. The fourth-order valence-corrected chi connectivity index (χ4v) is 4.01. The first-order valence-electron chi connectivity index (χ1n) is 9.84. The van der Waals surface area contributed by atoms with Crippen LogP contribution in [-0.2, 0) is 9.53 Å². The summed E-state index contributed by atoms with van der Waals surface area (Å²) in [4.78, 5) is 43.6. The lowest BCUT2D eigenvalue weighted by atomic mass is 9.92. The van der Waals surface area contributed by atoms with Gasteiger partial charge < -0.3 is 24.0 Å². The van der Waals surface area contributed by atoms with Gasteiger partial charge in [0, 0.05) is 37.2 Å². The van der Waals surface area contributed by atoms with Crippen molar-refractivity contribution < 1.29 is 28.6 Å².